The van der Waals surface area contributed by atoms with Crippen LogP contribution in [0, 0.1) is 5.92 Å². The van der Waals surface area contributed by atoms with Crippen molar-refractivity contribution in [3.63, 3.8) is 0 Å². The first kappa shape index (κ1) is 12.2. The molecule has 1 unspecified atom stereocenters. The molecule has 1 atom stereocenters. The molecule has 17 heavy (non-hydrogen) atoms. The van der Waals surface area contributed by atoms with Crippen LogP contribution < -0.4 is 5.32 Å². The van der Waals surface area contributed by atoms with E-state index in [4.69, 9.17) is 0 Å². The SMILES string of the molecule is CC(C)CCC(=O)C1CCNc2ccccc21. The Morgan fingerprint density at radius 1 is 1.41 bits per heavy atom. The standard InChI is InChI=1S/C15H21NO/c1-11(2)7-8-15(17)13-9-10-16-14-6-4-3-5-12(13)14/h3-6,11,13,16H,7-10H2,1-2H3. The van der Waals surface area contributed by atoms with E-state index < -0.39 is 0 Å². The zero-order valence-corrected chi connectivity index (χ0v) is 10.7. The molecule has 0 bridgehead atoms. The van der Waals surface area contributed by atoms with Crippen molar-refractivity contribution < 1.29 is 4.79 Å². The van der Waals surface area contributed by atoms with Gasteiger partial charge >= 0.3 is 0 Å². The van der Waals surface area contributed by atoms with Gasteiger partial charge in [0.25, 0.3) is 0 Å². The van der Waals surface area contributed by atoms with Gasteiger partial charge in [-0.3, -0.25) is 4.79 Å². The molecule has 0 radical (unpaired) electrons. The van der Waals surface area contributed by atoms with Crippen LogP contribution in [0.25, 0.3) is 0 Å². The summed E-state index contributed by atoms with van der Waals surface area (Å²) < 4.78 is 0. The number of nitrogens with one attached hydrogen (secondary N) is 1. The highest BCUT2D eigenvalue weighted by Gasteiger charge is 2.25. The maximum atomic E-state index is 12.2. The molecule has 0 saturated carbocycles. The van der Waals surface area contributed by atoms with Gasteiger partial charge in [0.2, 0.25) is 0 Å². The minimum absolute atomic E-state index is 0.117. The minimum atomic E-state index is 0.117. The number of hydrogen-bond acceptors (Lipinski definition) is 2. The topological polar surface area (TPSA) is 29.1 Å². The number of para-hydroxylation sites is 1. The van der Waals surface area contributed by atoms with E-state index in [9.17, 15) is 4.79 Å². The summed E-state index contributed by atoms with van der Waals surface area (Å²) in [6, 6.07) is 8.19. The predicted octanol–water partition coefficient (Wildman–Crippen LogP) is 3.59. The van der Waals surface area contributed by atoms with Crippen molar-refractivity contribution in [3.05, 3.63) is 29.8 Å². The summed E-state index contributed by atoms with van der Waals surface area (Å²) in [5.41, 5.74) is 2.33. The van der Waals surface area contributed by atoms with Crippen LogP contribution >= 0.6 is 0 Å². The number of hydrogen-bond donors (Lipinski definition) is 1. The molecule has 0 spiro atoms. The number of ketones is 1. The highest BCUT2D eigenvalue weighted by molar-refractivity contribution is 5.88. The van der Waals surface area contributed by atoms with Crippen LogP contribution in [0.3, 0.4) is 0 Å². The summed E-state index contributed by atoms with van der Waals surface area (Å²) in [7, 11) is 0. The maximum Gasteiger partial charge on any atom is 0.140 e. The number of carbonyl (C=O) groups excluding carboxylic acids is 1. The Morgan fingerprint density at radius 3 is 2.94 bits per heavy atom. The molecule has 1 heterocycles. The van der Waals surface area contributed by atoms with Crippen LogP contribution in [-0.2, 0) is 4.79 Å². The highest BCUT2D eigenvalue weighted by Crippen LogP contribution is 2.33. The second-order valence-corrected chi connectivity index (χ2v) is 5.25. The van der Waals surface area contributed by atoms with Gasteiger partial charge in [-0.2, -0.15) is 0 Å². The lowest BCUT2D eigenvalue weighted by molar-refractivity contribution is -0.120. The molecule has 2 heteroatoms. The van der Waals surface area contributed by atoms with Crippen LogP contribution in [0.15, 0.2) is 24.3 Å². The fourth-order valence-electron chi connectivity index (χ4n) is 2.41. The first-order chi connectivity index (χ1) is 8.18. The normalized spacial score (nSPS) is 18.6. The molecule has 92 valence electrons. The Morgan fingerprint density at radius 2 is 2.18 bits per heavy atom. The molecule has 0 amide bonds. The van der Waals surface area contributed by atoms with Gasteiger partial charge in [-0.25, -0.2) is 0 Å². The number of rotatable bonds is 4. The first-order valence-electron chi connectivity index (χ1n) is 6.54. The summed E-state index contributed by atoms with van der Waals surface area (Å²) in [6.07, 6.45) is 2.66. The summed E-state index contributed by atoms with van der Waals surface area (Å²) >= 11 is 0. The largest absolute Gasteiger partial charge is 0.385 e. The molecule has 2 rings (SSSR count). The summed E-state index contributed by atoms with van der Waals surface area (Å²) in [5.74, 6) is 1.13. The number of carbonyl (C=O) groups is 1. The van der Waals surface area contributed by atoms with E-state index >= 15 is 0 Å². The van der Waals surface area contributed by atoms with E-state index in [2.05, 4.69) is 31.3 Å². The van der Waals surface area contributed by atoms with Gasteiger partial charge < -0.3 is 5.32 Å². The van der Waals surface area contributed by atoms with Crippen LogP contribution in [0.2, 0.25) is 0 Å². The Labute approximate surface area is 103 Å². The van der Waals surface area contributed by atoms with Crippen molar-refractivity contribution in [3.8, 4) is 0 Å². The van der Waals surface area contributed by atoms with Crippen molar-refractivity contribution >= 4 is 11.5 Å². The maximum absolute atomic E-state index is 12.2. The zero-order valence-electron chi connectivity index (χ0n) is 10.7. The van der Waals surface area contributed by atoms with Gasteiger partial charge in [-0.15, -0.1) is 0 Å². The van der Waals surface area contributed by atoms with Gasteiger partial charge in [0.15, 0.2) is 0 Å². The number of fused-ring (bicyclic) bond motifs is 1. The van der Waals surface area contributed by atoms with Crippen molar-refractivity contribution in [1.82, 2.24) is 0 Å². The van der Waals surface area contributed by atoms with Crippen LogP contribution in [0.4, 0.5) is 5.69 Å². The molecule has 0 fully saturated rings. The Balaban J connectivity index is 2.10. The fourth-order valence-corrected chi connectivity index (χ4v) is 2.41. The van der Waals surface area contributed by atoms with Crippen molar-refractivity contribution in [2.75, 3.05) is 11.9 Å². The molecule has 1 aliphatic rings. The zero-order chi connectivity index (χ0) is 12.3. The lowest BCUT2D eigenvalue weighted by atomic mass is 9.85. The summed E-state index contributed by atoms with van der Waals surface area (Å²) in [4.78, 5) is 12.2. The molecule has 1 aromatic carbocycles. The van der Waals surface area contributed by atoms with Crippen LogP contribution in [-0.4, -0.2) is 12.3 Å². The molecular formula is C15H21NO. The lowest BCUT2D eigenvalue weighted by Gasteiger charge is -2.25. The Bertz CT molecular complexity index is 398. The summed E-state index contributed by atoms with van der Waals surface area (Å²) in [5, 5.41) is 3.36. The highest BCUT2D eigenvalue weighted by atomic mass is 16.1. The summed E-state index contributed by atoms with van der Waals surface area (Å²) in [6.45, 7) is 5.25. The first-order valence-corrected chi connectivity index (χ1v) is 6.54. The third-order valence-corrected chi connectivity index (χ3v) is 3.44. The third-order valence-electron chi connectivity index (χ3n) is 3.44. The quantitative estimate of drug-likeness (QED) is 0.858. The van der Waals surface area contributed by atoms with Gasteiger partial charge in [-0.1, -0.05) is 32.0 Å². The molecule has 1 aliphatic heterocycles. The average molecular weight is 231 g/mol. The van der Waals surface area contributed by atoms with Crippen LogP contribution in [0.5, 0.6) is 0 Å². The molecule has 0 saturated heterocycles. The monoisotopic (exact) mass is 231 g/mol. The van der Waals surface area contributed by atoms with Crippen LogP contribution in [0.1, 0.15) is 44.6 Å². The average Bonchev–Trinajstić information content (AvgIpc) is 2.35. The van der Waals surface area contributed by atoms with Gasteiger partial charge in [0.05, 0.1) is 0 Å². The molecule has 1 aromatic rings. The Hall–Kier alpha value is -1.31. The molecule has 0 aliphatic carbocycles. The van der Waals surface area contributed by atoms with E-state index in [1.54, 1.807) is 0 Å². The molecular weight excluding hydrogens is 210 g/mol. The van der Waals surface area contributed by atoms with Gasteiger partial charge in [-0.05, 0) is 30.4 Å². The third kappa shape index (κ3) is 2.87. The Kier molecular flexibility index (Phi) is 3.82. The lowest BCUT2D eigenvalue weighted by Crippen LogP contribution is -2.23. The van der Waals surface area contributed by atoms with Crippen molar-refractivity contribution in [2.24, 2.45) is 5.92 Å². The van der Waals surface area contributed by atoms with Crippen molar-refractivity contribution in [1.29, 1.82) is 0 Å². The van der Waals surface area contributed by atoms with Gasteiger partial charge in [0.1, 0.15) is 5.78 Å². The van der Waals surface area contributed by atoms with E-state index in [-0.39, 0.29) is 5.92 Å². The number of anilines is 1. The fraction of sp³-hybridized carbons (Fsp3) is 0.533. The second kappa shape index (κ2) is 5.35. The second-order valence-electron chi connectivity index (χ2n) is 5.25. The molecule has 2 nitrogen and oxygen atoms in total. The molecule has 0 aromatic heterocycles. The van der Waals surface area contributed by atoms with Crippen molar-refractivity contribution in [2.45, 2.75) is 39.0 Å². The minimum Gasteiger partial charge on any atom is -0.385 e. The van der Waals surface area contributed by atoms with E-state index in [1.165, 1.54) is 5.56 Å². The van der Waals surface area contributed by atoms with E-state index in [0.29, 0.717) is 11.7 Å². The predicted molar refractivity (Wildman–Crippen MR) is 71.4 cm³/mol. The van der Waals surface area contributed by atoms with Gasteiger partial charge in [0, 0.05) is 24.6 Å². The number of benzene rings is 1. The molecule has 1 N–H and O–H groups in total. The smallest absolute Gasteiger partial charge is 0.140 e. The van der Waals surface area contributed by atoms with E-state index in [1.807, 2.05) is 12.1 Å². The van der Waals surface area contributed by atoms with E-state index in [0.717, 1.165) is 31.5 Å². The number of Topliss-reactive ketones (excluding diaryl/α,β-unsaturated/α-hetero) is 1.